The number of ether oxygens (including phenoxy) is 1. The molecule has 19 heavy (non-hydrogen) atoms. The predicted octanol–water partition coefficient (Wildman–Crippen LogP) is 3.51. The molecular formula is C14H17BrN2O2. The molecule has 0 amide bonds. The van der Waals surface area contributed by atoms with Gasteiger partial charge >= 0.3 is 0 Å². The monoisotopic (exact) mass is 324 g/mol. The van der Waals surface area contributed by atoms with Gasteiger partial charge < -0.3 is 14.6 Å². The Labute approximate surface area is 121 Å². The lowest BCUT2D eigenvalue weighted by Crippen LogP contribution is -2.21. The first-order chi connectivity index (χ1) is 9.15. The molecule has 4 nitrogen and oxygen atoms in total. The highest BCUT2D eigenvalue weighted by Crippen LogP contribution is 2.26. The molecule has 1 N–H and O–H groups in total. The van der Waals surface area contributed by atoms with E-state index in [9.17, 15) is 0 Å². The molecule has 2 rings (SSSR count). The summed E-state index contributed by atoms with van der Waals surface area (Å²) < 4.78 is 11.4. The molecule has 0 atom stereocenters. The van der Waals surface area contributed by atoms with Gasteiger partial charge in [0.05, 0.1) is 10.7 Å². The summed E-state index contributed by atoms with van der Waals surface area (Å²) in [7, 11) is 0. The molecule has 0 saturated carbocycles. The summed E-state index contributed by atoms with van der Waals surface area (Å²) in [5.74, 6) is 0.814. The molecule has 1 aromatic heterocycles. The van der Waals surface area contributed by atoms with Crippen LogP contribution in [0.4, 0.5) is 0 Å². The van der Waals surface area contributed by atoms with Crippen LogP contribution in [0.3, 0.4) is 0 Å². The Balaban J connectivity index is 1.94. The summed E-state index contributed by atoms with van der Waals surface area (Å²) in [6.45, 7) is 5.56. The lowest BCUT2D eigenvalue weighted by Gasteiger charge is -2.11. The Morgan fingerprint density at radius 2 is 2.21 bits per heavy atom. The molecule has 1 heterocycles. The average Bonchev–Trinajstić information content (AvgIpc) is 2.88. The van der Waals surface area contributed by atoms with Crippen LogP contribution in [0.15, 0.2) is 39.7 Å². The SMILES string of the molecule is CC(C)NCc1ccc(OCc2cnoc2)c(Br)c1. The molecule has 1 aromatic carbocycles. The third-order valence-electron chi connectivity index (χ3n) is 2.59. The minimum atomic E-state index is 0.450. The van der Waals surface area contributed by atoms with E-state index < -0.39 is 0 Å². The van der Waals surface area contributed by atoms with Crippen LogP contribution in [0.1, 0.15) is 25.0 Å². The maximum Gasteiger partial charge on any atom is 0.134 e. The van der Waals surface area contributed by atoms with E-state index in [0.29, 0.717) is 12.6 Å². The lowest BCUT2D eigenvalue weighted by atomic mass is 10.2. The smallest absolute Gasteiger partial charge is 0.134 e. The van der Waals surface area contributed by atoms with Gasteiger partial charge in [0.15, 0.2) is 0 Å². The minimum Gasteiger partial charge on any atom is -0.488 e. The van der Waals surface area contributed by atoms with Crippen LogP contribution in [-0.4, -0.2) is 11.2 Å². The number of benzene rings is 1. The van der Waals surface area contributed by atoms with Gasteiger partial charge in [-0.05, 0) is 33.6 Å². The number of rotatable bonds is 6. The molecule has 5 heteroatoms. The highest BCUT2D eigenvalue weighted by atomic mass is 79.9. The second kappa shape index (κ2) is 6.73. The molecule has 0 unspecified atom stereocenters. The lowest BCUT2D eigenvalue weighted by molar-refractivity contribution is 0.302. The van der Waals surface area contributed by atoms with Crippen molar-refractivity contribution in [2.24, 2.45) is 0 Å². The van der Waals surface area contributed by atoms with Crippen LogP contribution in [0.5, 0.6) is 5.75 Å². The summed E-state index contributed by atoms with van der Waals surface area (Å²) in [6.07, 6.45) is 3.23. The molecular weight excluding hydrogens is 308 g/mol. The van der Waals surface area contributed by atoms with Crippen molar-refractivity contribution in [3.63, 3.8) is 0 Å². The number of halogens is 1. The standard InChI is InChI=1S/C14H17BrN2O2/c1-10(2)16-6-11-3-4-14(13(15)5-11)18-8-12-7-17-19-9-12/h3-5,7,9-10,16H,6,8H2,1-2H3. The highest BCUT2D eigenvalue weighted by Gasteiger charge is 2.04. The van der Waals surface area contributed by atoms with Crippen molar-refractivity contribution in [2.75, 3.05) is 0 Å². The number of nitrogens with zero attached hydrogens (tertiary/aromatic N) is 1. The van der Waals surface area contributed by atoms with E-state index >= 15 is 0 Å². The van der Waals surface area contributed by atoms with Crippen LogP contribution >= 0.6 is 15.9 Å². The van der Waals surface area contributed by atoms with Crippen molar-refractivity contribution in [1.29, 1.82) is 0 Å². The second-order valence-electron chi connectivity index (χ2n) is 4.62. The van der Waals surface area contributed by atoms with Gasteiger partial charge in [0.2, 0.25) is 0 Å². The van der Waals surface area contributed by atoms with E-state index in [1.807, 2.05) is 6.07 Å². The maximum atomic E-state index is 5.69. The van der Waals surface area contributed by atoms with Crippen LogP contribution in [0.2, 0.25) is 0 Å². The number of aromatic nitrogens is 1. The fourth-order valence-electron chi connectivity index (χ4n) is 1.55. The third-order valence-corrected chi connectivity index (χ3v) is 3.21. The Morgan fingerprint density at radius 3 is 2.84 bits per heavy atom. The largest absolute Gasteiger partial charge is 0.488 e. The number of hydrogen-bond donors (Lipinski definition) is 1. The maximum absolute atomic E-state index is 5.69. The Morgan fingerprint density at radius 1 is 1.37 bits per heavy atom. The zero-order valence-corrected chi connectivity index (χ0v) is 12.6. The van der Waals surface area contributed by atoms with E-state index in [0.717, 1.165) is 22.3 Å². The fraction of sp³-hybridized carbons (Fsp3) is 0.357. The summed E-state index contributed by atoms with van der Waals surface area (Å²) in [5.41, 5.74) is 2.13. The van der Waals surface area contributed by atoms with Crippen molar-refractivity contribution in [3.8, 4) is 5.75 Å². The van der Waals surface area contributed by atoms with Gasteiger partial charge in [-0.25, -0.2) is 0 Å². The Kier molecular flexibility index (Phi) is 4.99. The summed E-state index contributed by atoms with van der Waals surface area (Å²) in [5, 5.41) is 7.02. The minimum absolute atomic E-state index is 0.450. The van der Waals surface area contributed by atoms with E-state index in [4.69, 9.17) is 9.26 Å². The molecule has 0 bridgehead atoms. The van der Waals surface area contributed by atoms with Crippen molar-refractivity contribution in [1.82, 2.24) is 10.5 Å². The van der Waals surface area contributed by atoms with Gasteiger partial charge in [0.25, 0.3) is 0 Å². The highest BCUT2D eigenvalue weighted by molar-refractivity contribution is 9.10. The van der Waals surface area contributed by atoms with Crippen molar-refractivity contribution < 1.29 is 9.26 Å². The van der Waals surface area contributed by atoms with Crippen molar-refractivity contribution in [2.45, 2.75) is 33.0 Å². The zero-order chi connectivity index (χ0) is 13.7. The average molecular weight is 325 g/mol. The molecule has 0 fully saturated rings. The van der Waals surface area contributed by atoms with Crippen molar-refractivity contribution in [3.05, 3.63) is 46.3 Å². The first kappa shape index (κ1) is 14.1. The fourth-order valence-corrected chi connectivity index (χ4v) is 2.09. The van der Waals surface area contributed by atoms with E-state index in [2.05, 4.69) is 52.4 Å². The molecule has 2 aromatic rings. The summed E-state index contributed by atoms with van der Waals surface area (Å²) in [4.78, 5) is 0. The number of nitrogens with one attached hydrogen (secondary N) is 1. The molecule has 102 valence electrons. The van der Waals surface area contributed by atoms with Crippen LogP contribution in [0, 0.1) is 0 Å². The van der Waals surface area contributed by atoms with Gasteiger partial charge in [-0.1, -0.05) is 25.1 Å². The number of hydrogen-bond acceptors (Lipinski definition) is 4. The van der Waals surface area contributed by atoms with E-state index in [1.54, 1.807) is 12.5 Å². The molecule has 0 aliphatic heterocycles. The van der Waals surface area contributed by atoms with Crippen molar-refractivity contribution >= 4 is 15.9 Å². The third kappa shape index (κ3) is 4.36. The molecule has 0 radical (unpaired) electrons. The van der Waals surface area contributed by atoms with Crippen LogP contribution < -0.4 is 10.1 Å². The summed E-state index contributed by atoms with van der Waals surface area (Å²) >= 11 is 3.53. The van der Waals surface area contributed by atoms with Gasteiger partial charge in [-0.2, -0.15) is 0 Å². The van der Waals surface area contributed by atoms with Crippen LogP contribution in [-0.2, 0) is 13.2 Å². The zero-order valence-electron chi connectivity index (χ0n) is 11.0. The quantitative estimate of drug-likeness (QED) is 0.883. The predicted molar refractivity (Wildman–Crippen MR) is 77.0 cm³/mol. The van der Waals surface area contributed by atoms with Gasteiger partial charge in [0, 0.05) is 18.2 Å². The Hall–Kier alpha value is -1.33. The first-order valence-corrected chi connectivity index (χ1v) is 6.97. The molecule has 0 saturated heterocycles. The van der Waals surface area contributed by atoms with Crippen LogP contribution in [0.25, 0.3) is 0 Å². The molecule has 0 aliphatic carbocycles. The molecule has 0 spiro atoms. The van der Waals surface area contributed by atoms with E-state index in [1.165, 1.54) is 5.56 Å². The Bertz CT molecular complexity index is 512. The van der Waals surface area contributed by atoms with Gasteiger partial charge in [-0.3, -0.25) is 0 Å². The molecule has 0 aliphatic rings. The van der Waals surface area contributed by atoms with E-state index in [-0.39, 0.29) is 0 Å². The topological polar surface area (TPSA) is 47.3 Å². The van der Waals surface area contributed by atoms with Gasteiger partial charge in [0.1, 0.15) is 18.6 Å². The first-order valence-electron chi connectivity index (χ1n) is 6.18. The van der Waals surface area contributed by atoms with Gasteiger partial charge in [-0.15, -0.1) is 0 Å². The summed E-state index contributed by atoms with van der Waals surface area (Å²) in [6, 6.07) is 6.57. The second-order valence-corrected chi connectivity index (χ2v) is 5.48. The normalized spacial score (nSPS) is 10.9.